The number of nitrogens with zero attached hydrogens (tertiary/aromatic N) is 3. The fourth-order valence-corrected chi connectivity index (χ4v) is 17.7. The smallest absolute Gasteiger partial charge is 0.181 e. The first-order valence-electron chi connectivity index (χ1n) is 13.5. The van der Waals surface area contributed by atoms with Crippen LogP contribution in [-0.4, -0.2) is 47.2 Å². The van der Waals surface area contributed by atoms with Gasteiger partial charge in [-0.05, 0) is 84.9 Å². The predicted octanol–water partition coefficient (Wildman–Crippen LogP) is 8.80. The summed E-state index contributed by atoms with van der Waals surface area (Å²) in [5, 5.41) is 9.38. The minimum Gasteiger partial charge on any atom is -0.335 e. The first-order chi connectivity index (χ1) is 15.0. The van der Waals surface area contributed by atoms with Crippen molar-refractivity contribution >= 4 is 31.8 Å². The third-order valence-electron chi connectivity index (χ3n) is 7.08. The molecule has 0 spiro atoms. The Balaban J connectivity index is 7.16. The van der Waals surface area contributed by atoms with Gasteiger partial charge in [-0.25, -0.2) is 0 Å². The van der Waals surface area contributed by atoms with Gasteiger partial charge in [0.15, 0.2) is 8.24 Å². The highest BCUT2D eigenvalue weighted by Crippen LogP contribution is 2.60. The molecule has 0 radical (unpaired) electrons. The van der Waals surface area contributed by atoms with Crippen LogP contribution < -0.4 is 5.09 Å². The molecule has 0 aromatic rings. The molecule has 0 aromatic heterocycles. The van der Waals surface area contributed by atoms with Crippen LogP contribution in [0.3, 0.4) is 0 Å². The maximum atomic E-state index is 6.88. The van der Waals surface area contributed by atoms with Crippen LogP contribution in [0.15, 0.2) is 5.10 Å². The van der Waals surface area contributed by atoms with Crippen LogP contribution in [0, 0.1) is 0 Å². The maximum Gasteiger partial charge on any atom is 0.181 e. The lowest BCUT2D eigenvalue weighted by Gasteiger charge is -2.51. The third-order valence-corrected chi connectivity index (χ3v) is 19.2. The summed E-state index contributed by atoms with van der Waals surface area (Å²) in [6.45, 7) is 35.0. The van der Waals surface area contributed by atoms with Crippen LogP contribution in [0.25, 0.3) is 0 Å². The van der Waals surface area contributed by atoms with E-state index in [0.717, 1.165) is 19.3 Å². The van der Waals surface area contributed by atoms with Crippen LogP contribution in [0.1, 0.15) is 123 Å². The van der Waals surface area contributed by atoms with E-state index in [2.05, 4.69) is 118 Å². The Kier molecular flexibility index (Phi) is 14.2. The van der Waals surface area contributed by atoms with Crippen molar-refractivity contribution < 1.29 is 0 Å². The van der Waals surface area contributed by atoms with Crippen LogP contribution in [-0.2, 0) is 11.8 Å². The third kappa shape index (κ3) is 7.62. The molecule has 0 heterocycles. The maximum absolute atomic E-state index is 6.88. The molecule has 7 heteroatoms. The summed E-state index contributed by atoms with van der Waals surface area (Å²) in [4.78, 5) is 0. The van der Waals surface area contributed by atoms with Gasteiger partial charge in [-0.1, -0.05) is 66.7 Å². The summed E-state index contributed by atoms with van der Waals surface area (Å²) < 4.78 is 5.25. The van der Waals surface area contributed by atoms with Gasteiger partial charge in [0.25, 0.3) is 0 Å². The summed E-state index contributed by atoms with van der Waals surface area (Å²) >= 11 is 6.88. The lowest BCUT2D eigenvalue weighted by molar-refractivity contribution is 0.260. The summed E-state index contributed by atoms with van der Waals surface area (Å²) in [5.41, 5.74) is 3.04. The highest BCUT2D eigenvalue weighted by molar-refractivity contribution is 8.20. The van der Waals surface area contributed by atoms with E-state index in [1.165, 1.54) is 5.45 Å². The monoisotopic (exact) mass is 518 g/mol. The molecule has 0 bridgehead atoms. The molecule has 0 aromatic carbocycles. The zero-order valence-electron chi connectivity index (χ0n) is 24.9. The molecular weight excluding hydrogens is 459 g/mol. The van der Waals surface area contributed by atoms with Gasteiger partial charge in [-0.15, -0.1) is 0 Å². The topological polar surface area (TPSA) is 30.9 Å². The van der Waals surface area contributed by atoms with E-state index in [1.807, 2.05) is 0 Å². The number of unbranched alkanes of at least 4 members (excludes halogenated alkanes) is 1. The highest BCUT2D eigenvalue weighted by atomic mass is 32.4. The van der Waals surface area contributed by atoms with Gasteiger partial charge in [0.05, 0.1) is 5.45 Å². The molecule has 1 N–H and O–H groups in total. The number of hydrogen-bond donors (Lipinski definition) is 1. The first-order valence-corrected chi connectivity index (χ1v) is 18.5. The largest absolute Gasteiger partial charge is 0.335 e. The van der Waals surface area contributed by atoms with Crippen molar-refractivity contribution in [3.05, 3.63) is 0 Å². The molecule has 0 atom stereocenters. The van der Waals surface area contributed by atoms with Crippen LogP contribution in [0.4, 0.5) is 0 Å². The van der Waals surface area contributed by atoms with E-state index < -0.39 is 14.6 Å². The molecule has 198 valence electrons. The highest BCUT2D eigenvalue weighted by Gasteiger charge is 2.46. The van der Waals surface area contributed by atoms with Crippen molar-refractivity contribution in [2.75, 3.05) is 0 Å². The number of hydrogen-bond acceptors (Lipinski definition) is 3. The lowest BCUT2D eigenvalue weighted by Crippen LogP contribution is -2.56. The second kappa shape index (κ2) is 14.1. The molecule has 0 aliphatic heterocycles. The Bertz CT molecular complexity index is 582. The Morgan fingerprint density at radius 1 is 0.727 bits per heavy atom. The molecule has 0 aliphatic carbocycles. The van der Waals surface area contributed by atoms with Gasteiger partial charge in [-0.2, -0.15) is 5.10 Å². The summed E-state index contributed by atoms with van der Waals surface area (Å²) in [6, 6.07) is 1.46. The molecule has 0 saturated heterocycles. The normalized spacial score (nSPS) is 14.6. The van der Waals surface area contributed by atoms with E-state index >= 15 is 0 Å². The fraction of sp³-hybridized carbons (Fsp3) is 0.962. The zero-order chi connectivity index (χ0) is 26.3. The van der Waals surface area contributed by atoms with Crippen molar-refractivity contribution in [2.24, 2.45) is 5.10 Å². The molecule has 0 aliphatic rings. The van der Waals surface area contributed by atoms with Gasteiger partial charge in [-0.3, -0.25) is 9.34 Å². The Hall–Kier alpha value is 0.257. The van der Waals surface area contributed by atoms with Crippen LogP contribution >= 0.6 is 6.34 Å². The number of nitrogens with one attached hydrogen (secondary N) is 1. The van der Waals surface area contributed by atoms with Crippen molar-refractivity contribution in [3.63, 3.8) is 0 Å². The Labute approximate surface area is 214 Å². The average molecular weight is 519 g/mol. The van der Waals surface area contributed by atoms with Gasteiger partial charge in [0, 0.05) is 24.2 Å². The van der Waals surface area contributed by atoms with E-state index in [-0.39, 0.29) is 0 Å². The van der Waals surface area contributed by atoms with E-state index in [1.54, 1.807) is 0 Å². The fourth-order valence-electron chi connectivity index (χ4n) is 5.98. The number of rotatable bonds is 15. The molecule has 4 nitrogen and oxygen atoms in total. The van der Waals surface area contributed by atoms with Gasteiger partial charge >= 0.3 is 0 Å². The van der Waals surface area contributed by atoms with Crippen LogP contribution in [0.2, 0.25) is 16.6 Å². The van der Waals surface area contributed by atoms with Crippen molar-refractivity contribution in [1.29, 1.82) is 0 Å². The van der Waals surface area contributed by atoms with E-state index in [0.29, 0.717) is 40.8 Å². The van der Waals surface area contributed by atoms with Crippen molar-refractivity contribution in [2.45, 2.75) is 164 Å². The standard InChI is InChI=1S/C26H59N4PSSi/c1-16-17-18-26(27-28-33(23(10)11,24(12)13)25(14)15)31(32,29(19(2)3)20(4)5)30(21(6)7)22(8)9/h19-25,28H,16-18H2,1-15H3/b27-26+. The first kappa shape index (κ1) is 33.3. The minimum atomic E-state index is -2.27. The molecule has 0 saturated carbocycles. The lowest BCUT2D eigenvalue weighted by atomic mass is 10.3. The average Bonchev–Trinajstić information content (AvgIpc) is 2.61. The molecular formula is C26H59N4PSSi. The van der Waals surface area contributed by atoms with E-state index in [4.69, 9.17) is 16.9 Å². The van der Waals surface area contributed by atoms with E-state index in [9.17, 15) is 0 Å². The second-order valence-corrected chi connectivity index (χ2v) is 21.4. The Morgan fingerprint density at radius 2 is 1.06 bits per heavy atom. The summed E-state index contributed by atoms with van der Waals surface area (Å²) in [7, 11) is -1.89. The summed E-state index contributed by atoms with van der Waals surface area (Å²) in [6.07, 6.45) is 0.993. The van der Waals surface area contributed by atoms with Gasteiger partial charge in [0.2, 0.25) is 0 Å². The molecule has 0 amide bonds. The molecule has 0 rings (SSSR count). The minimum absolute atomic E-state index is 0.366. The Morgan fingerprint density at radius 3 is 1.30 bits per heavy atom. The quantitative estimate of drug-likeness (QED) is 0.102. The SMILES string of the molecule is CCCC/C(=N\N[Si](C(C)C)(C(C)C)C(C)C)P(=S)(N(C(C)C)C(C)C)N(C(C)C)C(C)C. The van der Waals surface area contributed by atoms with Crippen molar-refractivity contribution in [1.82, 2.24) is 14.4 Å². The van der Waals surface area contributed by atoms with Crippen LogP contribution in [0.5, 0.6) is 0 Å². The van der Waals surface area contributed by atoms with Crippen molar-refractivity contribution in [3.8, 4) is 0 Å². The predicted molar refractivity (Wildman–Crippen MR) is 160 cm³/mol. The van der Waals surface area contributed by atoms with Gasteiger partial charge < -0.3 is 5.09 Å². The molecule has 33 heavy (non-hydrogen) atoms. The zero-order valence-corrected chi connectivity index (χ0v) is 27.6. The molecule has 0 unspecified atom stereocenters. The summed E-state index contributed by atoms with van der Waals surface area (Å²) in [5.74, 6) is 0. The number of hydrazone groups is 1. The molecule has 0 fully saturated rings. The second-order valence-electron chi connectivity index (χ2n) is 11.8. The van der Waals surface area contributed by atoms with Gasteiger partial charge in [0.1, 0.15) is 6.34 Å².